The number of nitrogens with one attached hydrogen (secondary N) is 2. The summed E-state index contributed by atoms with van der Waals surface area (Å²) in [5, 5.41) is 5.33. The van der Waals surface area contributed by atoms with Crippen molar-refractivity contribution in [3.63, 3.8) is 0 Å². The molecule has 5 nitrogen and oxygen atoms in total. The minimum atomic E-state index is -0.217. The molecule has 0 saturated carbocycles. The molecule has 0 unspecified atom stereocenters. The van der Waals surface area contributed by atoms with E-state index in [-0.39, 0.29) is 18.2 Å². The van der Waals surface area contributed by atoms with E-state index in [0.29, 0.717) is 13.1 Å². The van der Waals surface area contributed by atoms with Crippen LogP contribution in [0.5, 0.6) is 0 Å². The van der Waals surface area contributed by atoms with E-state index in [1.165, 1.54) is 0 Å². The van der Waals surface area contributed by atoms with E-state index in [1.54, 1.807) is 0 Å². The van der Waals surface area contributed by atoms with Gasteiger partial charge in [-0.3, -0.25) is 9.59 Å². The highest BCUT2D eigenvalue weighted by molar-refractivity contribution is 5.96. The van der Waals surface area contributed by atoms with E-state index in [4.69, 9.17) is 0 Å². The second kappa shape index (κ2) is 8.23. The number of likely N-dealkylation sites (N-methyl/N-ethyl adjacent to an activating group) is 1. The van der Waals surface area contributed by atoms with Crippen molar-refractivity contribution in [2.75, 3.05) is 33.7 Å². The van der Waals surface area contributed by atoms with Gasteiger partial charge < -0.3 is 15.5 Å². The summed E-state index contributed by atoms with van der Waals surface area (Å²) in [5.74, 6) is -0.426. The van der Waals surface area contributed by atoms with Gasteiger partial charge in [-0.15, -0.1) is 0 Å². The Morgan fingerprint density at radius 3 is 2.07 bits per heavy atom. The number of hydrogen-bond donors (Lipinski definition) is 2. The van der Waals surface area contributed by atoms with Crippen LogP contribution in [-0.2, 0) is 9.59 Å². The maximum Gasteiger partial charge on any atom is 0.229 e. The lowest BCUT2D eigenvalue weighted by Crippen LogP contribution is -2.35. The minimum absolute atomic E-state index is 0.0760. The first-order valence-corrected chi connectivity index (χ1v) is 5.24. The Kier molecular flexibility index (Phi) is 7.62. The Morgan fingerprint density at radius 1 is 1.07 bits per heavy atom. The van der Waals surface area contributed by atoms with Crippen LogP contribution < -0.4 is 10.6 Å². The Hall–Kier alpha value is -1.10. The Balaban J connectivity index is 3.51. The highest BCUT2D eigenvalue weighted by Gasteiger charge is 2.07. The lowest BCUT2D eigenvalue weighted by atomic mass is 10.3. The minimum Gasteiger partial charge on any atom is -0.356 e. The van der Waals surface area contributed by atoms with E-state index < -0.39 is 0 Å². The molecule has 0 fully saturated rings. The molecule has 0 aliphatic rings. The third-order valence-corrected chi connectivity index (χ3v) is 1.77. The van der Waals surface area contributed by atoms with Gasteiger partial charge in [0.05, 0.1) is 0 Å². The lowest BCUT2D eigenvalue weighted by Gasteiger charge is -2.10. The maximum absolute atomic E-state index is 11.2. The third-order valence-electron chi connectivity index (χ3n) is 1.77. The summed E-state index contributed by atoms with van der Waals surface area (Å²) in [5.41, 5.74) is 0. The van der Waals surface area contributed by atoms with Crippen LogP contribution in [0.1, 0.15) is 19.8 Å². The molecule has 0 aromatic rings. The van der Waals surface area contributed by atoms with Crippen LogP contribution in [0.25, 0.3) is 0 Å². The van der Waals surface area contributed by atoms with Gasteiger partial charge in [-0.05, 0) is 20.5 Å². The first-order valence-electron chi connectivity index (χ1n) is 5.24. The molecule has 2 amide bonds. The molecule has 0 aromatic heterocycles. The average molecular weight is 215 g/mol. The molecule has 0 atom stereocenters. The van der Waals surface area contributed by atoms with E-state index in [1.807, 2.05) is 25.9 Å². The fourth-order valence-electron chi connectivity index (χ4n) is 0.954. The zero-order valence-electron chi connectivity index (χ0n) is 9.80. The number of carbonyl (C=O) groups is 2. The van der Waals surface area contributed by atoms with Gasteiger partial charge in [0.15, 0.2) is 0 Å². The van der Waals surface area contributed by atoms with Crippen molar-refractivity contribution in [1.29, 1.82) is 0 Å². The fraction of sp³-hybridized carbons (Fsp3) is 0.800. The molecule has 15 heavy (non-hydrogen) atoms. The topological polar surface area (TPSA) is 61.4 Å². The highest BCUT2D eigenvalue weighted by Crippen LogP contribution is 1.81. The molecular formula is C10H21N3O2. The first kappa shape index (κ1) is 13.9. The molecule has 0 radical (unpaired) electrons. The smallest absolute Gasteiger partial charge is 0.229 e. The Bertz CT molecular complexity index is 205. The quantitative estimate of drug-likeness (QED) is 0.567. The molecule has 0 rings (SSSR count). The van der Waals surface area contributed by atoms with Crippen molar-refractivity contribution < 1.29 is 9.59 Å². The molecule has 88 valence electrons. The summed E-state index contributed by atoms with van der Waals surface area (Å²) >= 11 is 0. The van der Waals surface area contributed by atoms with Gasteiger partial charge in [-0.2, -0.15) is 0 Å². The second-order valence-electron chi connectivity index (χ2n) is 3.68. The van der Waals surface area contributed by atoms with E-state index >= 15 is 0 Å². The summed E-state index contributed by atoms with van der Waals surface area (Å²) in [6, 6.07) is 0. The van der Waals surface area contributed by atoms with E-state index in [0.717, 1.165) is 13.0 Å². The van der Waals surface area contributed by atoms with Crippen molar-refractivity contribution in [3.8, 4) is 0 Å². The van der Waals surface area contributed by atoms with Gasteiger partial charge in [-0.1, -0.05) is 6.92 Å². The number of amides is 2. The van der Waals surface area contributed by atoms with Crippen LogP contribution in [0.3, 0.4) is 0 Å². The molecule has 0 bridgehead atoms. The molecule has 0 saturated heterocycles. The molecule has 0 heterocycles. The van der Waals surface area contributed by atoms with Crippen molar-refractivity contribution in [1.82, 2.24) is 15.5 Å². The largest absolute Gasteiger partial charge is 0.356 e. The normalized spacial score (nSPS) is 10.1. The van der Waals surface area contributed by atoms with Crippen molar-refractivity contribution in [3.05, 3.63) is 0 Å². The summed E-state index contributed by atoms with van der Waals surface area (Å²) in [6.07, 6.45) is 0.807. The standard InChI is InChI=1S/C10H21N3O2/c1-4-5-11-9(14)8-10(15)12-6-7-13(2)3/h4-8H2,1-3H3,(H,11,14)(H,12,15). The Labute approximate surface area is 91.2 Å². The van der Waals surface area contributed by atoms with Gasteiger partial charge in [0.25, 0.3) is 0 Å². The van der Waals surface area contributed by atoms with Crippen LogP contribution >= 0.6 is 0 Å². The molecule has 0 aliphatic heterocycles. The number of nitrogens with zero attached hydrogens (tertiary/aromatic N) is 1. The van der Waals surface area contributed by atoms with Crippen LogP contribution in [-0.4, -0.2) is 50.4 Å². The summed E-state index contributed by atoms with van der Waals surface area (Å²) in [4.78, 5) is 24.3. The van der Waals surface area contributed by atoms with Crippen molar-refractivity contribution in [2.24, 2.45) is 0 Å². The van der Waals surface area contributed by atoms with Crippen LogP contribution in [0.15, 0.2) is 0 Å². The van der Waals surface area contributed by atoms with Gasteiger partial charge in [0, 0.05) is 19.6 Å². The fourth-order valence-corrected chi connectivity index (χ4v) is 0.954. The van der Waals surface area contributed by atoms with Crippen LogP contribution in [0.2, 0.25) is 0 Å². The van der Waals surface area contributed by atoms with E-state index in [9.17, 15) is 9.59 Å². The first-order chi connectivity index (χ1) is 7.06. The SMILES string of the molecule is CCCNC(=O)CC(=O)NCCN(C)C. The number of hydrogen-bond acceptors (Lipinski definition) is 3. The predicted octanol–water partition coefficient (Wildman–Crippen LogP) is -0.419. The molecular weight excluding hydrogens is 194 g/mol. The zero-order valence-corrected chi connectivity index (χ0v) is 9.80. The van der Waals surface area contributed by atoms with Crippen LogP contribution in [0.4, 0.5) is 0 Å². The molecule has 0 spiro atoms. The summed E-state index contributed by atoms with van der Waals surface area (Å²) in [7, 11) is 3.86. The van der Waals surface area contributed by atoms with Gasteiger partial charge in [0.2, 0.25) is 11.8 Å². The van der Waals surface area contributed by atoms with Crippen molar-refractivity contribution in [2.45, 2.75) is 19.8 Å². The zero-order chi connectivity index (χ0) is 11.7. The van der Waals surface area contributed by atoms with Crippen molar-refractivity contribution >= 4 is 11.8 Å². The van der Waals surface area contributed by atoms with Gasteiger partial charge in [0.1, 0.15) is 6.42 Å². The molecule has 2 N–H and O–H groups in total. The summed E-state index contributed by atoms with van der Waals surface area (Å²) < 4.78 is 0. The average Bonchev–Trinajstić information content (AvgIpc) is 2.14. The predicted molar refractivity (Wildman–Crippen MR) is 59.5 cm³/mol. The third kappa shape index (κ3) is 9.21. The lowest BCUT2D eigenvalue weighted by molar-refractivity contribution is -0.129. The molecule has 0 aliphatic carbocycles. The van der Waals surface area contributed by atoms with Gasteiger partial charge in [-0.25, -0.2) is 0 Å². The number of rotatable bonds is 7. The van der Waals surface area contributed by atoms with E-state index in [2.05, 4.69) is 10.6 Å². The monoisotopic (exact) mass is 215 g/mol. The molecule has 5 heteroatoms. The maximum atomic E-state index is 11.2. The second-order valence-corrected chi connectivity index (χ2v) is 3.68. The van der Waals surface area contributed by atoms with Gasteiger partial charge >= 0.3 is 0 Å². The van der Waals surface area contributed by atoms with Crippen LogP contribution in [0, 0.1) is 0 Å². The number of carbonyl (C=O) groups excluding carboxylic acids is 2. The summed E-state index contributed by atoms with van der Waals surface area (Å²) in [6.45, 7) is 3.95. The highest BCUT2D eigenvalue weighted by atomic mass is 16.2. The molecule has 0 aromatic carbocycles. The Morgan fingerprint density at radius 2 is 1.60 bits per heavy atom.